The summed E-state index contributed by atoms with van der Waals surface area (Å²) in [5, 5.41) is 0.765. The minimum atomic E-state index is -3.67. The maximum atomic E-state index is 13.7. The Morgan fingerprint density at radius 3 is 2.44 bits per heavy atom. The Morgan fingerprint density at radius 2 is 1.72 bits per heavy atom. The largest absolute Gasteiger partial charge is 0.497 e. The molecule has 1 unspecified atom stereocenters. The van der Waals surface area contributed by atoms with Crippen molar-refractivity contribution in [1.82, 2.24) is 9.29 Å². The standard InChI is InChI=1S/C25H24N2O3S2/c1-17-7-13-20(14-8-17)32(28,29)27-16-15-22-21-5-3-4-6-23(21)26-24(22)25(27)31-19-11-9-18(30-2)10-12-19/h3-14,25-26H,15-16H2,1-2H3. The van der Waals surface area contributed by atoms with Gasteiger partial charge in [-0.2, -0.15) is 4.31 Å². The van der Waals surface area contributed by atoms with Crippen molar-refractivity contribution in [3.63, 3.8) is 0 Å². The van der Waals surface area contributed by atoms with Crippen molar-refractivity contribution in [3.05, 3.63) is 89.6 Å². The molecular formula is C25H24N2O3S2. The van der Waals surface area contributed by atoms with Crippen LogP contribution in [0, 0.1) is 6.92 Å². The van der Waals surface area contributed by atoms with E-state index in [0.29, 0.717) is 17.9 Å². The van der Waals surface area contributed by atoms with E-state index in [9.17, 15) is 8.42 Å². The van der Waals surface area contributed by atoms with Crippen LogP contribution in [0.2, 0.25) is 0 Å². The average Bonchev–Trinajstić information content (AvgIpc) is 3.19. The van der Waals surface area contributed by atoms with E-state index in [1.165, 1.54) is 17.3 Å². The third-order valence-electron chi connectivity index (χ3n) is 5.87. The van der Waals surface area contributed by atoms with Crippen molar-refractivity contribution < 1.29 is 13.2 Å². The molecule has 4 aromatic rings. The van der Waals surface area contributed by atoms with Crippen LogP contribution in [0.25, 0.3) is 10.9 Å². The summed E-state index contributed by atoms with van der Waals surface area (Å²) in [5.41, 5.74) is 4.22. The summed E-state index contributed by atoms with van der Waals surface area (Å²) in [4.78, 5) is 4.82. The number of ether oxygens (including phenoxy) is 1. The van der Waals surface area contributed by atoms with E-state index in [1.807, 2.05) is 61.5 Å². The van der Waals surface area contributed by atoms with Gasteiger partial charge < -0.3 is 9.72 Å². The molecule has 2 heterocycles. The van der Waals surface area contributed by atoms with Crippen LogP contribution in [-0.2, 0) is 16.4 Å². The Hall–Kier alpha value is -2.74. The fourth-order valence-corrected chi connectivity index (χ4v) is 7.18. The molecule has 5 rings (SSSR count). The topological polar surface area (TPSA) is 62.4 Å². The van der Waals surface area contributed by atoms with Crippen LogP contribution in [0.15, 0.2) is 82.6 Å². The Kier molecular flexibility index (Phi) is 5.49. The highest BCUT2D eigenvalue weighted by Crippen LogP contribution is 2.46. The summed E-state index contributed by atoms with van der Waals surface area (Å²) in [6, 6.07) is 23.0. The van der Waals surface area contributed by atoms with Gasteiger partial charge in [0.2, 0.25) is 10.0 Å². The van der Waals surface area contributed by atoms with Crippen molar-refractivity contribution in [2.24, 2.45) is 0 Å². The van der Waals surface area contributed by atoms with Gasteiger partial charge in [0.05, 0.1) is 12.0 Å². The molecule has 0 saturated heterocycles. The first kappa shape index (κ1) is 21.1. The van der Waals surface area contributed by atoms with Crippen LogP contribution in [0.5, 0.6) is 5.75 Å². The van der Waals surface area contributed by atoms with Gasteiger partial charge in [-0.05, 0) is 61.4 Å². The molecule has 32 heavy (non-hydrogen) atoms. The molecule has 0 aliphatic carbocycles. The van der Waals surface area contributed by atoms with Crippen molar-refractivity contribution in [2.45, 2.75) is 28.5 Å². The van der Waals surface area contributed by atoms with Crippen LogP contribution in [0.1, 0.15) is 22.2 Å². The summed E-state index contributed by atoms with van der Waals surface area (Å²) in [6.45, 7) is 2.38. The minimum absolute atomic E-state index is 0.322. The third kappa shape index (κ3) is 3.70. The van der Waals surface area contributed by atoms with Gasteiger partial charge in [-0.25, -0.2) is 8.42 Å². The van der Waals surface area contributed by atoms with E-state index >= 15 is 0 Å². The molecule has 164 valence electrons. The highest BCUT2D eigenvalue weighted by Gasteiger charge is 2.39. The zero-order valence-electron chi connectivity index (χ0n) is 17.9. The van der Waals surface area contributed by atoms with Crippen molar-refractivity contribution >= 4 is 32.7 Å². The minimum Gasteiger partial charge on any atom is -0.497 e. The average molecular weight is 465 g/mol. The van der Waals surface area contributed by atoms with E-state index in [1.54, 1.807) is 23.5 Å². The van der Waals surface area contributed by atoms with Crippen LogP contribution in [-0.4, -0.2) is 31.4 Å². The molecule has 0 spiro atoms. The molecule has 0 amide bonds. The van der Waals surface area contributed by atoms with Crippen LogP contribution >= 0.6 is 11.8 Å². The number of aryl methyl sites for hydroxylation is 1. The van der Waals surface area contributed by atoms with Gasteiger partial charge in [-0.1, -0.05) is 47.7 Å². The number of benzene rings is 3. The number of para-hydroxylation sites is 1. The number of hydrogen-bond donors (Lipinski definition) is 1. The first-order chi connectivity index (χ1) is 15.5. The second-order valence-corrected chi connectivity index (χ2v) is 10.9. The smallest absolute Gasteiger partial charge is 0.244 e. The zero-order valence-corrected chi connectivity index (χ0v) is 19.5. The molecule has 1 N–H and O–H groups in total. The van der Waals surface area contributed by atoms with Gasteiger partial charge in [0.1, 0.15) is 11.1 Å². The van der Waals surface area contributed by atoms with E-state index < -0.39 is 15.4 Å². The number of nitrogens with zero attached hydrogens (tertiary/aromatic N) is 1. The molecule has 7 heteroatoms. The van der Waals surface area contributed by atoms with Gasteiger partial charge in [0.25, 0.3) is 0 Å². The molecule has 1 aromatic heterocycles. The summed E-state index contributed by atoms with van der Waals surface area (Å²) in [6.07, 6.45) is 0.671. The van der Waals surface area contributed by atoms with Gasteiger partial charge in [-0.15, -0.1) is 0 Å². The van der Waals surface area contributed by atoms with E-state index in [2.05, 4.69) is 11.1 Å². The summed E-state index contributed by atoms with van der Waals surface area (Å²) in [7, 11) is -2.04. The first-order valence-electron chi connectivity index (χ1n) is 10.5. The van der Waals surface area contributed by atoms with Crippen LogP contribution in [0.4, 0.5) is 0 Å². The van der Waals surface area contributed by atoms with E-state index in [-0.39, 0.29) is 0 Å². The monoisotopic (exact) mass is 464 g/mol. The van der Waals surface area contributed by atoms with Gasteiger partial charge >= 0.3 is 0 Å². The number of thioether (sulfide) groups is 1. The molecule has 0 radical (unpaired) electrons. The molecule has 1 atom stereocenters. The quantitative estimate of drug-likeness (QED) is 0.422. The summed E-state index contributed by atoms with van der Waals surface area (Å²) < 4.78 is 34.3. The number of hydrogen-bond acceptors (Lipinski definition) is 4. The lowest BCUT2D eigenvalue weighted by molar-refractivity contribution is 0.380. The fourth-order valence-electron chi connectivity index (χ4n) is 4.18. The number of aromatic amines is 1. The summed E-state index contributed by atoms with van der Waals surface area (Å²) >= 11 is 1.53. The molecule has 0 bridgehead atoms. The fraction of sp³-hybridized carbons (Fsp3) is 0.200. The molecule has 1 aliphatic rings. The van der Waals surface area contributed by atoms with Crippen molar-refractivity contribution in [1.29, 1.82) is 0 Å². The van der Waals surface area contributed by atoms with E-state index in [0.717, 1.165) is 32.8 Å². The predicted octanol–water partition coefficient (Wildman–Crippen LogP) is 5.52. The second-order valence-electron chi connectivity index (χ2n) is 7.89. The second kappa shape index (κ2) is 8.31. The normalized spacial score (nSPS) is 16.8. The van der Waals surface area contributed by atoms with Gasteiger partial charge in [0, 0.05) is 28.0 Å². The molecule has 3 aromatic carbocycles. The number of aromatic nitrogens is 1. The van der Waals surface area contributed by atoms with E-state index in [4.69, 9.17) is 4.74 Å². The SMILES string of the molecule is COc1ccc(SC2c3[nH]c4ccccc4c3CCN2S(=O)(=O)c2ccc(C)cc2)cc1. The maximum absolute atomic E-state index is 13.7. The predicted molar refractivity (Wildman–Crippen MR) is 129 cm³/mol. The Bertz CT molecular complexity index is 1360. The first-order valence-corrected chi connectivity index (χ1v) is 12.8. The Morgan fingerprint density at radius 1 is 1.00 bits per heavy atom. The van der Waals surface area contributed by atoms with Gasteiger partial charge in [-0.3, -0.25) is 0 Å². The number of nitrogens with one attached hydrogen (secondary N) is 1. The highest BCUT2D eigenvalue weighted by atomic mass is 32.2. The number of sulfonamides is 1. The van der Waals surface area contributed by atoms with Crippen molar-refractivity contribution in [3.8, 4) is 5.75 Å². The molecule has 0 fully saturated rings. The lowest BCUT2D eigenvalue weighted by atomic mass is 10.0. The Labute approximate surface area is 192 Å². The number of H-pyrrole nitrogens is 1. The molecular weight excluding hydrogens is 440 g/mol. The summed E-state index contributed by atoms with van der Waals surface area (Å²) in [5.74, 6) is 0.772. The Balaban J connectivity index is 1.61. The van der Waals surface area contributed by atoms with Crippen molar-refractivity contribution in [2.75, 3.05) is 13.7 Å². The maximum Gasteiger partial charge on any atom is 0.244 e. The van der Waals surface area contributed by atoms with Crippen LogP contribution < -0.4 is 4.74 Å². The molecule has 0 saturated carbocycles. The lowest BCUT2D eigenvalue weighted by Crippen LogP contribution is -2.38. The molecule has 1 aliphatic heterocycles. The third-order valence-corrected chi connectivity index (χ3v) is 9.14. The lowest BCUT2D eigenvalue weighted by Gasteiger charge is -2.34. The number of rotatable bonds is 5. The number of methoxy groups -OCH3 is 1. The zero-order chi connectivity index (χ0) is 22.3. The number of fused-ring (bicyclic) bond motifs is 3. The van der Waals surface area contributed by atoms with Gasteiger partial charge in [0.15, 0.2) is 0 Å². The molecule has 5 nitrogen and oxygen atoms in total. The highest BCUT2D eigenvalue weighted by molar-refractivity contribution is 8.00. The van der Waals surface area contributed by atoms with Crippen LogP contribution in [0.3, 0.4) is 0 Å².